The summed E-state index contributed by atoms with van der Waals surface area (Å²) >= 11 is 7.72. The number of thioether (sulfide) groups is 1. The first-order valence-corrected chi connectivity index (χ1v) is 6.68. The molecule has 1 aromatic rings. The molecule has 3 nitrogen and oxygen atoms in total. The number of aromatic nitrogens is 1. The Morgan fingerprint density at radius 2 is 2.50 bits per heavy atom. The van der Waals surface area contributed by atoms with Gasteiger partial charge >= 0.3 is 0 Å². The van der Waals surface area contributed by atoms with Crippen LogP contribution < -0.4 is 0 Å². The molecule has 0 saturated carbocycles. The van der Waals surface area contributed by atoms with Crippen molar-refractivity contribution in [2.75, 3.05) is 18.6 Å². The lowest BCUT2D eigenvalue weighted by Gasteiger charge is -2.23. The fraction of sp³-hybridized carbons (Fsp3) is 0.455. The number of pyridine rings is 1. The Morgan fingerprint density at radius 3 is 3.12 bits per heavy atom. The van der Waals surface area contributed by atoms with Gasteiger partial charge < -0.3 is 4.90 Å². The van der Waals surface area contributed by atoms with E-state index >= 15 is 0 Å². The summed E-state index contributed by atoms with van der Waals surface area (Å²) in [5.74, 6) is 2.10. The Morgan fingerprint density at radius 1 is 1.69 bits per heavy atom. The van der Waals surface area contributed by atoms with Crippen molar-refractivity contribution in [2.24, 2.45) is 0 Å². The molecule has 0 radical (unpaired) electrons. The van der Waals surface area contributed by atoms with Crippen molar-refractivity contribution in [3.63, 3.8) is 0 Å². The molecule has 86 valence electrons. The van der Waals surface area contributed by atoms with Gasteiger partial charge in [-0.3, -0.25) is 9.78 Å². The quantitative estimate of drug-likeness (QED) is 0.814. The van der Waals surface area contributed by atoms with Gasteiger partial charge in [0.05, 0.1) is 0 Å². The number of hydrogen-bond donors (Lipinski definition) is 0. The number of carbonyl (C=O) groups is 1. The van der Waals surface area contributed by atoms with Crippen molar-refractivity contribution < 1.29 is 4.79 Å². The lowest BCUT2D eigenvalue weighted by molar-refractivity contribution is 0.0742. The van der Waals surface area contributed by atoms with Gasteiger partial charge in [0, 0.05) is 30.1 Å². The highest BCUT2D eigenvalue weighted by Crippen LogP contribution is 2.22. The maximum absolute atomic E-state index is 12.1. The minimum absolute atomic E-state index is 0.0463. The van der Waals surface area contributed by atoms with Crippen molar-refractivity contribution in [1.82, 2.24) is 9.88 Å². The van der Waals surface area contributed by atoms with Crippen molar-refractivity contribution in [3.8, 4) is 0 Å². The van der Waals surface area contributed by atoms with Crippen LogP contribution in [0.3, 0.4) is 0 Å². The highest BCUT2D eigenvalue weighted by atomic mass is 35.5. The Hall–Kier alpha value is -0.740. The molecule has 1 amide bonds. The Bertz CT molecular complexity index is 393. The molecule has 16 heavy (non-hydrogen) atoms. The zero-order chi connectivity index (χ0) is 11.5. The predicted octanol–water partition coefficient (Wildman–Crippen LogP) is 2.31. The van der Waals surface area contributed by atoms with Gasteiger partial charge in [-0.15, -0.1) is 0 Å². The molecular formula is C11H13ClN2OS. The zero-order valence-corrected chi connectivity index (χ0v) is 10.6. The van der Waals surface area contributed by atoms with E-state index in [-0.39, 0.29) is 5.91 Å². The van der Waals surface area contributed by atoms with Crippen LogP contribution in [-0.2, 0) is 0 Å². The minimum atomic E-state index is -0.0463. The van der Waals surface area contributed by atoms with E-state index in [0.29, 0.717) is 16.8 Å². The maximum atomic E-state index is 12.1. The molecule has 1 unspecified atom stereocenters. The number of halogens is 1. The minimum Gasteiger partial charge on any atom is -0.337 e. The van der Waals surface area contributed by atoms with Crippen molar-refractivity contribution in [2.45, 2.75) is 12.5 Å². The summed E-state index contributed by atoms with van der Waals surface area (Å²) in [6.45, 7) is 0. The molecule has 2 heterocycles. The molecule has 1 saturated heterocycles. The molecule has 0 aliphatic carbocycles. The van der Waals surface area contributed by atoms with Crippen LogP contribution in [0, 0.1) is 0 Å². The van der Waals surface area contributed by atoms with Crippen molar-refractivity contribution in [1.29, 1.82) is 0 Å². The second-order valence-electron chi connectivity index (χ2n) is 3.79. The average Bonchev–Trinajstić information content (AvgIpc) is 2.80. The topological polar surface area (TPSA) is 33.2 Å². The van der Waals surface area contributed by atoms with Crippen LogP contribution in [0.5, 0.6) is 0 Å². The number of nitrogens with zero attached hydrogens (tertiary/aromatic N) is 2. The third-order valence-electron chi connectivity index (χ3n) is 2.71. The molecule has 1 aliphatic rings. The highest BCUT2D eigenvalue weighted by molar-refractivity contribution is 7.99. The van der Waals surface area contributed by atoms with Crippen LogP contribution in [0.15, 0.2) is 18.3 Å². The van der Waals surface area contributed by atoms with E-state index in [1.807, 2.05) is 18.8 Å². The molecular weight excluding hydrogens is 244 g/mol. The molecule has 1 atom stereocenters. The summed E-state index contributed by atoms with van der Waals surface area (Å²) in [5.41, 5.74) is 0.423. The second-order valence-corrected chi connectivity index (χ2v) is 5.38. The number of amides is 1. The maximum Gasteiger partial charge on any atom is 0.272 e. The third-order valence-corrected chi connectivity index (χ3v) is 4.09. The lowest BCUT2D eigenvalue weighted by atomic mass is 10.2. The molecule has 1 aliphatic heterocycles. The van der Waals surface area contributed by atoms with Crippen LogP contribution in [0.4, 0.5) is 0 Å². The van der Waals surface area contributed by atoms with Gasteiger partial charge in [-0.1, -0.05) is 11.6 Å². The number of hydrogen-bond acceptors (Lipinski definition) is 3. The fourth-order valence-corrected chi connectivity index (χ4v) is 3.12. The average molecular weight is 257 g/mol. The van der Waals surface area contributed by atoms with Gasteiger partial charge in [-0.2, -0.15) is 11.8 Å². The zero-order valence-electron chi connectivity index (χ0n) is 9.02. The van der Waals surface area contributed by atoms with Gasteiger partial charge in [0.2, 0.25) is 0 Å². The van der Waals surface area contributed by atoms with Crippen LogP contribution in [0.2, 0.25) is 5.02 Å². The summed E-state index contributed by atoms with van der Waals surface area (Å²) in [6, 6.07) is 3.62. The summed E-state index contributed by atoms with van der Waals surface area (Å²) in [7, 11) is 1.83. The first-order valence-electron chi connectivity index (χ1n) is 5.15. The monoisotopic (exact) mass is 256 g/mol. The third kappa shape index (κ3) is 2.50. The van der Waals surface area contributed by atoms with E-state index in [9.17, 15) is 4.79 Å². The SMILES string of the molecule is CN(C(=O)c1cc(Cl)ccn1)C1CCSC1. The van der Waals surface area contributed by atoms with Crippen LogP contribution in [-0.4, -0.2) is 40.4 Å². The number of rotatable bonds is 2. The molecule has 0 spiro atoms. The number of carbonyl (C=O) groups excluding carboxylic acids is 1. The Labute approximate surface area is 104 Å². The first kappa shape index (κ1) is 11.7. The summed E-state index contributed by atoms with van der Waals surface area (Å²) in [5, 5.41) is 0.549. The predicted molar refractivity (Wildman–Crippen MR) is 67.1 cm³/mol. The fourth-order valence-electron chi connectivity index (χ4n) is 1.70. The van der Waals surface area contributed by atoms with E-state index in [4.69, 9.17) is 11.6 Å². The van der Waals surface area contributed by atoms with Gasteiger partial charge in [-0.05, 0) is 24.3 Å². The van der Waals surface area contributed by atoms with Gasteiger partial charge in [0.1, 0.15) is 5.69 Å². The molecule has 1 aromatic heterocycles. The molecule has 5 heteroatoms. The standard InChI is InChI=1S/C11H13ClN2OS/c1-14(9-3-5-16-7-9)11(15)10-6-8(12)2-4-13-10/h2,4,6,9H,3,5,7H2,1H3. The Balaban J connectivity index is 2.12. The van der Waals surface area contributed by atoms with E-state index in [0.717, 1.165) is 17.9 Å². The van der Waals surface area contributed by atoms with E-state index < -0.39 is 0 Å². The van der Waals surface area contributed by atoms with Crippen molar-refractivity contribution >= 4 is 29.3 Å². The van der Waals surface area contributed by atoms with E-state index in [1.54, 1.807) is 23.2 Å². The van der Waals surface area contributed by atoms with Gasteiger partial charge in [0.25, 0.3) is 5.91 Å². The van der Waals surface area contributed by atoms with Crippen molar-refractivity contribution in [3.05, 3.63) is 29.0 Å². The first-order chi connectivity index (χ1) is 7.68. The highest BCUT2D eigenvalue weighted by Gasteiger charge is 2.25. The largest absolute Gasteiger partial charge is 0.337 e. The smallest absolute Gasteiger partial charge is 0.272 e. The van der Waals surface area contributed by atoms with Crippen LogP contribution >= 0.6 is 23.4 Å². The normalized spacial score (nSPS) is 19.8. The Kier molecular flexibility index (Phi) is 3.71. The van der Waals surface area contributed by atoms with E-state index in [2.05, 4.69) is 4.98 Å². The van der Waals surface area contributed by atoms with Gasteiger partial charge in [0.15, 0.2) is 0 Å². The summed E-state index contributed by atoms with van der Waals surface area (Å²) < 4.78 is 0. The summed E-state index contributed by atoms with van der Waals surface area (Å²) in [4.78, 5) is 17.9. The molecule has 0 bridgehead atoms. The van der Waals surface area contributed by atoms with E-state index in [1.165, 1.54) is 0 Å². The lowest BCUT2D eigenvalue weighted by Crippen LogP contribution is -2.37. The summed E-state index contributed by atoms with van der Waals surface area (Å²) in [6.07, 6.45) is 2.63. The van der Waals surface area contributed by atoms with Crippen LogP contribution in [0.25, 0.3) is 0 Å². The molecule has 0 N–H and O–H groups in total. The van der Waals surface area contributed by atoms with Crippen LogP contribution in [0.1, 0.15) is 16.9 Å². The molecule has 0 aromatic carbocycles. The van der Waals surface area contributed by atoms with Gasteiger partial charge in [-0.25, -0.2) is 0 Å². The second kappa shape index (κ2) is 5.06. The molecule has 1 fully saturated rings. The molecule has 2 rings (SSSR count).